The minimum absolute atomic E-state index is 0.101. The number of benzene rings is 2. The molecular formula is C30H30N2O7. The van der Waals surface area contributed by atoms with Gasteiger partial charge in [0.25, 0.3) is 5.91 Å². The van der Waals surface area contributed by atoms with E-state index in [2.05, 4.69) is 0 Å². The van der Waals surface area contributed by atoms with Crippen molar-refractivity contribution in [1.29, 1.82) is 0 Å². The quantitative estimate of drug-likeness (QED) is 0.449. The van der Waals surface area contributed by atoms with Crippen LogP contribution < -0.4 is 9.64 Å². The first-order valence-corrected chi connectivity index (χ1v) is 13.1. The van der Waals surface area contributed by atoms with Crippen molar-refractivity contribution in [2.24, 2.45) is 11.8 Å². The molecule has 2 saturated heterocycles. The van der Waals surface area contributed by atoms with E-state index in [1.54, 1.807) is 54.5 Å². The number of methoxy groups -OCH3 is 1. The molecule has 1 N–H and O–H groups in total. The number of likely N-dealkylation sites (tertiary alicyclic amines) is 1. The van der Waals surface area contributed by atoms with Gasteiger partial charge in [0.2, 0.25) is 5.91 Å². The van der Waals surface area contributed by atoms with Gasteiger partial charge in [-0.1, -0.05) is 48.6 Å². The van der Waals surface area contributed by atoms with E-state index < -0.39 is 47.5 Å². The molecule has 2 aromatic carbocycles. The number of carbonyl (C=O) groups is 3. The molecule has 0 aromatic heterocycles. The lowest BCUT2D eigenvalue weighted by molar-refractivity contribution is -0.153. The van der Waals surface area contributed by atoms with Crippen LogP contribution in [0.5, 0.6) is 5.75 Å². The summed E-state index contributed by atoms with van der Waals surface area (Å²) in [5.74, 6) is -2.49. The second-order valence-corrected chi connectivity index (χ2v) is 10.2. The van der Waals surface area contributed by atoms with Gasteiger partial charge in [0.05, 0.1) is 31.8 Å². The van der Waals surface area contributed by atoms with Crippen molar-refractivity contribution in [1.82, 2.24) is 4.90 Å². The van der Waals surface area contributed by atoms with Crippen LogP contribution in [0.1, 0.15) is 5.56 Å². The van der Waals surface area contributed by atoms with Crippen LogP contribution in [0.2, 0.25) is 0 Å². The Kier molecular flexibility index (Phi) is 6.48. The predicted octanol–water partition coefficient (Wildman–Crippen LogP) is 1.90. The second-order valence-electron chi connectivity index (χ2n) is 10.2. The van der Waals surface area contributed by atoms with Gasteiger partial charge in [-0.25, -0.2) is 0 Å². The van der Waals surface area contributed by atoms with E-state index in [0.717, 1.165) is 5.56 Å². The number of esters is 1. The normalized spacial score (nSPS) is 30.3. The van der Waals surface area contributed by atoms with Gasteiger partial charge in [-0.15, -0.1) is 0 Å². The van der Waals surface area contributed by atoms with Gasteiger partial charge in [-0.05, 0) is 42.3 Å². The third kappa shape index (κ3) is 4.04. The molecule has 2 aromatic rings. The summed E-state index contributed by atoms with van der Waals surface area (Å²) < 4.78 is 17.2. The van der Waals surface area contributed by atoms with E-state index in [1.807, 2.05) is 36.4 Å². The predicted molar refractivity (Wildman–Crippen MR) is 141 cm³/mol. The van der Waals surface area contributed by atoms with Gasteiger partial charge in [0, 0.05) is 12.2 Å². The summed E-state index contributed by atoms with van der Waals surface area (Å²) in [6.07, 6.45) is 6.67. The Bertz CT molecular complexity index is 1320. The van der Waals surface area contributed by atoms with E-state index >= 15 is 0 Å². The number of carbonyl (C=O) groups excluding carboxylic acids is 3. The van der Waals surface area contributed by atoms with Crippen molar-refractivity contribution in [3.8, 4) is 5.75 Å². The zero-order valence-electron chi connectivity index (χ0n) is 21.5. The van der Waals surface area contributed by atoms with E-state index in [0.29, 0.717) is 17.9 Å². The number of ether oxygens (including phenoxy) is 3. The van der Waals surface area contributed by atoms with Crippen LogP contribution in [0.4, 0.5) is 5.69 Å². The summed E-state index contributed by atoms with van der Waals surface area (Å²) in [4.78, 5) is 45.0. The number of fused-ring (bicyclic) bond motifs is 2. The maximum Gasteiger partial charge on any atom is 0.313 e. The molecule has 2 fully saturated rings. The standard InChI is InChI=1S/C30H30N2O7/c1-37-22-12-10-20(11-13-22)31-15-6-14-30-25(24-23(39-30)9-5-16-38-29(24)36)27(34)32(26(30)28(31)35)21(18-33)17-19-7-3-2-4-8-19/h2-14,21,23-26,33H,15-18H2,1H3/t21-,23+,24-,25+,26?,30+/m1/s1. The summed E-state index contributed by atoms with van der Waals surface area (Å²) in [6.45, 7) is -0.0128. The number of hydrogen-bond donors (Lipinski definition) is 1. The Morgan fingerprint density at radius 3 is 2.54 bits per heavy atom. The topological polar surface area (TPSA) is 106 Å². The number of cyclic esters (lactones) is 1. The number of amides is 2. The number of hydrogen-bond acceptors (Lipinski definition) is 7. The van der Waals surface area contributed by atoms with E-state index in [4.69, 9.17) is 14.2 Å². The molecule has 0 saturated carbocycles. The largest absolute Gasteiger partial charge is 0.497 e. The molecule has 0 aliphatic carbocycles. The Hall–Kier alpha value is -3.95. The molecule has 4 aliphatic rings. The van der Waals surface area contributed by atoms with Crippen molar-refractivity contribution in [2.45, 2.75) is 30.2 Å². The van der Waals surface area contributed by atoms with Gasteiger partial charge < -0.3 is 29.1 Å². The smallest absolute Gasteiger partial charge is 0.313 e. The molecule has 39 heavy (non-hydrogen) atoms. The first kappa shape index (κ1) is 25.3. The first-order chi connectivity index (χ1) is 19.0. The van der Waals surface area contributed by atoms with Crippen molar-refractivity contribution in [3.05, 3.63) is 84.5 Å². The van der Waals surface area contributed by atoms with Gasteiger partial charge in [-0.2, -0.15) is 0 Å². The molecule has 0 bridgehead atoms. The van der Waals surface area contributed by atoms with Crippen LogP contribution in [0.15, 0.2) is 78.9 Å². The zero-order chi connectivity index (χ0) is 27.1. The van der Waals surface area contributed by atoms with E-state index in [-0.39, 0.29) is 25.7 Å². The van der Waals surface area contributed by atoms with Crippen LogP contribution >= 0.6 is 0 Å². The fourth-order valence-corrected chi connectivity index (χ4v) is 6.43. The van der Waals surface area contributed by atoms with Crippen molar-refractivity contribution in [2.75, 3.05) is 31.8 Å². The molecule has 4 heterocycles. The number of rotatable bonds is 6. The van der Waals surface area contributed by atoms with Gasteiger partial charge in [0.15, 0.2) is 0 Å². The molecule has 2 amide bonds. The number of nitrogens with zero attached hydrogens (tertiary/aromatic N) is 2. The summed E-state index contributed by atoms with van der Waals surface area (Å²) >= 11 is 0. The average Bonchev–Trinajstić information content (AvgIpc) is 3.26. The highest BCUT2D eigenvalue weighted by molar-refractivity contribution is 6.05. The highest BCUT2D eigenvalue weighted by Gasteiger charge is 2.72. The molecule has 1 unspecified atom stereocenters. The second kappa shape index (κ2) is 9.98. The van der Waals surface area contributed by atoms with Crippen LogP contribution in [-0.2, 0) is 30.3 Å². The SMILES string of the molecule is COc1ccc(N2CC=C[C@]34O[C@H]5C=CCOC(=O)[C@H]5[C@H]3C(=O)N([C@@H](CO)Cc3ccccc3)C4C2=O)cc1. The molecule has 1 spiro atoms. The molecule has 6 rings (SSSR count). The lowest BCUT2D eigenvalue weighted by atomic mass is 9.78. The summed E-state index contributed by atoms with van der Waals surface area (Å²) in [7, 11) is 1.57. The summed E-state index contributed by atoms with van der Waals surface area (Å²) in [5.41, 5.74) is 0.151. The van der Waals surface area contributed by atoms with E-state index in [9.17, 15) is 19.5 Å². The third-order valence-electron chi connectivity index (χ3n) is 8.15. The fourth-order valence-electron chi connectivity index (χ4n) is 6.43. The van der Waals surface area contributed by atoms with E-state index in [1.165, 1.54) is 4.90 Å². The number of aliphatic hydroxyl groups excluding tert-OH is 1. The van der Waals surface area contributed by atoms with Crippen molar-refractivity contribution >= 4 is 23.5 Å². The fraction of sp³-hybridized carbons (Fsp3) is 0.367. The number of aliphatic hydroxyl groups is 1. The first-order valence-electron chi connectivity index (χ1n) is 13.1. The maximum atomic E-state index is 14.5. The van der Waals surface area contributed by atoms with Crippen LogP contribution in [0.3, 0.4) is 0 Å². The van der Waals surface area contributed by atoms with Gasteiger partial charge in [0.1, 0.15) is 29.9 Å². The van der Waals surface area contributed by atoms with Crippen molar-refractivity contribution in [3.63, 3.8) is 0 Å². The van der Waals surface area contributed by atoms with Crippen LogP contribution in [0, 0.1) is 11.8 Å². The monoisotopic (exact) mass is 530 g/mol. The average molecular weight is 531 g/mol. The van der Waals surface area contributed by atoms with Gasteiger partial charge >= 0.3 is 5.97 Å². The van der Waals surface area contributed by atoms with Crippen LogP contribution in [-0.4, -0.2) is 78.4 Å². The highest BCUT2D eigenvalue weighted by Crippen LogP contribution is 2.54. The molecule has 6 atom stereocenters. The lowest BCUT2D eigenvalue weighted by Crippen LogP contribution is -2.58. The Labute approximate surface area is 226 Å². The minimum atomic E-state index is -1.39. The molecule has 202 valence electrons. The highest BCUT2D eigenvalue weighted by atomic mass is 16.6. The Morgan fingerprint density at radius 1 is 1.05 bits per heavy atom. The Balaban J connectivity index is 1.46. The van der Waals surface area contributed by atoms with Crippen LogP contribution in [0.25, 0.3) is 0 Å². The minimum Gasteiger partial charge on any atom is -0.497 e. The molecular weight excluding hydrogens is 500 g/mol. The lowest BCUT2D eigenvalue weighted by Gasteiger charge is -2.38. The number of anilines is 1. The Morgan fingerprint density at radius 2 is 1.82 bits per heavy atom. The van der Waals surface area contributed by atoms with Crippen molar-refractivity contribution < 1.29 is 33.7 Å². The molecule has 9 nitrogen and oxygen atoms in total. The maximum absolute atomic E-state index is 14.5. The zero-order valence-corrected chi connectivity index (χ0v) is 21.5. The molecule has 4 aliphatic heterocycles. The molecule has 0 radical (unpaired) electrons. The molecule has 9 heteroatoms. The third-order valence-corrected chi connectivity index (χ3v) is 8.15. The summed E-state index contributed by atoms with van der Waals surface area (Å²) in [5, 5.41) is 10.5. The van der Waals surface area contributed by atoms with Gasteiger partial charge in [-0.3, -0.25) is 14.4 Å². The summed E-state index contributed by atoms with van der Waals surface area (Å²) in [6, 6.07) is 14.8.